The minimum Gasteiger partial charge on any atom is -0.493 e. The summed E-state index contributed by atoms with van der Waals surface area (Å²) in [5, 5.41) is 0.445. The molecule has 8 heteroatoms. The van der Waals surface area contributed by atoms with Crippen molar-refractivity contribution in [1.29, 1.82) is 0 Å². The van der Waals surface area contributed by atoms with E-state index in [0.29, 0.717) is 54.6 Å². The summed E-state index contributed by atoms with van der Waals surface area (Å²) in [6, 6.07) is 32.7. The summed E-state index contributed by atoms with van der Waals surface area (Å²) in [6.45, 7) is 13.4. The van der Waals surface area contributed by atoms with Gasteiger partial charge in [0.25, 0.3) is 0 Å². The second-order valence-electron chi connectivity index (χ2n) is 13.9. The predicted molar refractivity (Wildman–Crippen MR) is 213 cm³/mol. The summed E-state index contributed by atoms with van der Waals surface area (Å²) in [4.78, 5) is 21.8. The number of hydrogen-bond acceptors (Lipinski definition) is 6. The van der Waals surface area contributed by atoms with Crippen LogP contribution < -0.4 is 14.2 Å². The van der Waals surface area contributed by atoms with Crippen molar-refractivity contribution in [3.05, 3.63) is 153 Å². The first kappa shape index (κ1) is 37.6. The highest BCUT2D eigenvalue weighted by Crippen LogP contribution is 2.34. The third kappa shape index (κ3) is 11.0. The van der Waals surface area contributed by atoms with Crippen molar-refractivity contribution in [1.82, 2.24) is 14.8 Å². The highest BCUT2D eigenvalue weighted by Gasteiger charge is 2.20. The van der Waals surface area contributed by atoms with E-state index in [1.54, 1.807) is 24.4 Å². The van der Waals surface area contributed by atoms with Gasteiger partial charge < -0.3 is 19.1 Å². The van der Waals surface area contributed by atoms with Gasteiger partial charge in [0.1, 0.15) is 18.1 Å². The van der Waals surface area contributed by atoms with Crippen LogP contribution in [0, 0.1) is 13.8 Å². The second kappa shape index (κ2) is 18.1. The molecular weight excluding hydrogens is 682 g/mol. The molecule has 53 heavy (non-hydrogen) atoms. The van der Waals surface area contributed by atoms with Crippen LogP contribution in [0.25, 0.3) is 6.08 Å². The van der Waals surface area contributed by atoms with Crippen molar-refractivity contribution in [3.63, 3.8) is 0 Å². The number of carbonyl (C=O) groups excluding carboxylic acids is 1. The van der Waals surface area contributed by atoms with Crippen molar-refractivity contribution in [2.24, 2.45) is 0 Å². The fourth-order valence-electron chi connectivity index (χ4n) is 6.27. The number of hydrogen-bond donors (Lipinski definition) is 0. The van der Waals surface area contributed by atoms with Gasteiger partial charge in [-0.25, -0.2) is 4.98 Å². The molecule has 6 rings (SSSR count). The van der Waals surface area contributed by atoms with Crippen LogP contribution in [0.2, 0.25) is 5.02 Å². The Morgan fingerprint density at radius 2 is 1.57 bits per heavy atom. The van der Waals surface area contributed by atoms with Gasteiger partial charge in [-0.05, 0) is 89.6 Å². The number of amides is 1. The van der Waals surface area contributed by atoms with Gasteiger partial charge in [-0.2, -0.15) is 0 Å². The monoisotopic (exact) mass is 729 g/mol. The van der Waals surface area contributed by atoms with Crippen LogP contribution in [0.15, 0.2) is 109 Å². The van der Waals surface area contributed by atoms with Crippen LogP contribution in [-0.4, -0.2) is 53.5 Å². The van der Waals surface area contributed by atoms with E-state index in [2.05, 4.69) is 91.3 Å². The molecule has 1 aromatic heterocycles. The summed E-state index contributed by atoms with van der Waals surface area (Å²) in [7, 11) is 0. The SMILES string of the molecule is Cc1cccc(COc2ccc(Oc3c(C)cc(C=CC(=O)N4CCN(Cc5ccc(CCOc6ccc(C(C)C)cc6)cc5)CC4)cc3Cl)nc2)c1. The number of aromatic nitrogens is 1. The molecule has 0 saturated carbocycles. The third-order valence-electron chi connectivity index (χ3n) is 9.39. The number of rotatable bonds is 14. The Morgan fingerprint density at radius 3 is 2.25 bits per heavy atom. The maximum Gasteiger partial charge on any atom is 0.246 e. The Hall–Kier alpha value is -5.11. The van der Waals surface area contributed by atoms with Crippen molar-refractivity contribution in [3.8, 4) is 23.1 Å². The van der Waals surface area contributed by atoms with Gasteiger partial charge in [0.15, 0.2) is 5.75 Å². The van der Waals surface area contributed by atoms with Gasteiger partial charge in [0, 0.05) is 51.3 Å². The molecule has 7 nitrogen and oxygen atoms in total. The van der Waals surface area contributed by atoms with Crippen LogP contribution in [0.1, 0.15) is 58.7 Å². The molecule has 0 atom stereocenters. The number of benzene rings is 4. The number of halogens is 1. The topological polar surface area (TPSA) is 64.1 Å². The Kier molecular flexibility index (Phi) is 12.8. The van der Waals surface area contributed by atoms with Crippen LogP contribution in [-0.2, 0) is 24.4 Å². The normalized spacial score (nSPS) is 13.4. The maximum absolute atomic E-state index is 13.1. The van der Waals surface area contributed by atoms with E-state index >= 15 is 0 Å². The fourth-order valence-corrected chi connectivity index (χ4v) is 6.59. The summed E-state index contributed by atoms with van der Waals surface area (Å²) in [6.07, 6.45) is 5.94. The quantitative estimate of drug-likeness (QED) is 0.106. The Bertz CT molecular complexity index is 1960. The molecule has 0 N–H and O–H groups in total. The van der Waals surface area contributed by atoms with E-state index in [1.807, 2.05) is 42.2 Å². The standard InChI is InChI=1S/C45H48ClN3O4/c1-32(2)39-13-15-40(16-14-39)51-25-20-35-8-10-36(11-9-35)30-48-21-23-49(24-22-48)44(50)19-12-37-27-34(4)45(42(46)28-37)53-43-18-17-41(29-47-43)52-31-38-7-5-6-33(3)26-38/h5-19,26-29,32H,20-25,30-31H2,1-4H3. The van der Waals surface area contributed by atoms with Crippen molar-refractivity contribution >= 4 is 23.6 Å². The van der Waals surface area contributed by atoms with E-state index in [9.17, 15) is 4.79 Å². The molecule has 1 amide bonds. The zero-order valence-electron chi connectivity index (χ0n) is 31.1. The molecule has 1 aliphatic rings. The first-order valence-electron chi connectivity index (χ1n) is 18.3. The summed E-state index contributed by atoms with van der Waals surface area (Å²) >= 11 is 6.64. The average Bonchev–Trinajstić information content (AvgIpc) is 3.16. The van der Waals surface area contributed by atoms with Crippen LogP contribution in [0.5, 0.6) is 23.1 Å². The van der Waals surface area contributed by atoms with Gasteiger partial charge in [0.2, 0.25) is 11.8 Å². The predicted octanol–water partition coefficient (Wildman–Crippen LogP) is 9.83. The molecule has 0 spiro atoms. The number of ether oxygens (including phenoxy) is 3. The van der Waals surface area contributed by atoms with Crippen molar-refractivity contribution in [2.75, 3.05) is 32.8 Å². The lowest BCUT2D eigenvalue weighted by Gasteiger charge is -2.34. The molecule has 0 aliphatic carbocycles. The van der Waals surface area contributed by atoms with Crippen molar-refractivity contribution < 1.29 is 19.0 Å². The first-order chi connectivity index (χ1) is 25.7. The Morgan fingerprint density at radius 1 is 0.830 bits per heavy atom. The van der Waals surface area contributed by atoms with Crippen LogP contribution in [0.3, 0.4) is 0 Å². The molecule has 1 aliphatic heterocycles. The second-order valence-corrected chi connectivity index (χ2v) is 14.3. The van der Waals surface area contributed by atoms with Gasteiger partial charge in [0.05, 0.1) is 17.8 Å². The number of carbonyl (C=O) groups is 1. The van der Waals surface area contributed by atoms with Gasteiger partial charge in [-0.3, -0.25) is 9.69 Å². The zero-order valence-corrected chi connectivity index (χ0v) is 31.8. The largest absolute Gasteiger partial charge is 0.493 e. The van der Waals surface area contributed by atoms with Gasteiger partial charge in [-0.15, -0.1) is 0 Å². The molecule has 2 heterocycles. The summed E-state index contributed by atoms with van der Waals surface area (Å²) < 4.78 is 17.9. The number of pyridine rings is 1. The summed E-state index contributed by atoms with van der Waals surface area (Å²) in [5.74, 6) is 3.02. The smallest absolute Gasteiger partial charge is 0.246 e. The summed E-state index contributed by atoms with van der Waals surface area (Å²) in [5.41, 5.74) is 7.81. The Balaban J connectivity index is 0.923. The molecule has 1 saturated heterocycles. The Labute approximate surface area is 318 Å². The van der Waals surface area contributed by atoms with Crippen molar-refractivity contribution in [2.45, 2.75) is 53.2 Å². The minimum atomic E-state index is -0.00454. The van der Waals surface area contributed by atoms with E-state index in [1.165, 1.54) is 22.3 Å². The third-order valence-corrected chi connectivity index (χ3v) is 9.67. The highest BCUT2D eigenvalue weighted by molar-refractivity contribution is 6.32. The molecule has 0 unspecified atom stereocenters. The van der Waals surface area contributed by atoms with E-state index in [-0.39, 0.29) is 5.91 Å². The van der Waals surface area contributed by atoms with E-state index in [0.717, 1.165) is 48.5 Å². The van der Waals surface area contributed by atoms with Gasteiger partial charge in [-0.1, -0.05) is 91.7 Å². The number of aryl methyl sites for hydroxylation is 2. The minimum absolute atomic E-state index is 0.00454. The fraction of sp³-hybridized carbons (Fsp3) is 0.289. The van der Waals surface area contributed by atoms with E-state index < -0.39 is 0 Å². The van der Waals surface area contributed by atoms with Crippen LogP contribution in [0.4, 0.5) is 0 Å². The molecule has 1 fully saturated rings. The molecule has 274 valence electrons. The first-order valence-corrected chi connectivity index (χ1v) is 18.7. The number of piperazine rings is 1. The number of nitrogens with zero attached hydrogens (tertiary/aromatic N) is 3. The molecular formula is C45H48ClN3O4. The lowest BCUT2D eigenvalue weighted by Crippen LogP contribution is -2.47. The maximum atomic E-state index is 13.1. The molecule has 0 radical (unpaired) electrons. The average molecular weight is 730 g/mol. The zero-order chi connectivity index (χ0) is 37.2. The molecule has 5 aromatic rings. The van der Waals surface area contributed by atoms with Crippen LogP contribution >= 0.6 is 11.6 Å². The molecule has 4 aromatic carbocycles. The highest BCUT2D eigenvalue weighted by atomic mass is 35.5. The lowest BCUT2D eigenvalue weighted by molar-refractivity contribution is -0.127. The lowest BCUT2D eigenvalue weighted by atomic mass is 10.0. The van der Waals surface area contributed by atoms with E-state index in [4.69, 9.17) is 25.8 Å². The molecule has 0 bridgehead atoms. The van der Waals surface area contributed by atoms with Gasteiger partial charge >= 0.3 is 0 Å².